The number of rotatable bonds is 2. The lowest BCUT2D eigenvalue weighted by molar-refractivity contribution is 0.284. The molecule has 0 atom stereocenters. The standard InChI is InChI=1S/C13H12N2O3/c14-13-15-10(6-17-13)12-8-16-7-11(18-12)9-4-2-1-3-5-9/h1-2,4,6-8H,3,5H2,(H2,14,15). The van der Waals surface area contributed by atoms with Gasteiger partial charge in [-0.15, -0.1) is 0 Å². The molecular formula is C13H12N2O3. The van der Waals surface area contributed by atoms with Crippen molar-refractivity contribution >= 4 is 11.8 Å². The van der Waals surface area contributed by atoms with Crippen LogP contribution in [-0.2, 0) is 9.47 Å². The summed E-state index contributed by atoms with van der Waals surface area (Å²) in [4.78, 5) is 3.99. The third-order valence-corrected chi connectivity index (χ3v) is 2.67. The number of nitrogens with two attached hydrogens (primary N) is 1. The fourth-order valence-corrected chi connectivity index (χ4v) is 1.79. The molecule has 0 fully saturated rings. The van der Waals surface area contributed by atoms with Gasteiger partial charge in [0.1, 0.15) is 24.5 Å². The summed E-state index contributed by atoms with van der Waals surface area (Å²) in [5.41, 5.74) is 7.04. The molecule has 2 heterocycles. The molecule has 0 radical (unpaired) electrons. The summed E-state index contributed by atoms with van der Waals surface area (Å²) >= 11 is 0. The maximum atomic E-state index is 5.74. The molecule has 1 aromatic rings. The normalized spacial score (nSPS) is 18.3. The van der Waals surface area contributed by atoms with Gasteiger partial charge in [-0.25, -0.2) is 0 Å². The van der Waals surface area contributed by atoms with Crippen LogP contribution in [0.4, 0.5) is 6.01 Å². The van der Waals surface area contributed by atoms with Crippen molar-refractivity contribution in [3.63, 3.8) is 0 Å². The zero-order valence-electron chi connectivity index (χ0n) is 9.63. The first-order chi connectivity index (χ1) is 8.83. The summed E-state index contributed by atoms with van der Waals surface area (Å²) in [6, 6.07) is 0.102. The number of hydrogen-bond donors (Lipinski definition) is 1. The molecule has 0 bridgehead atoms. The number of hydrogen-bond acceptors (Lipinski definition) is 5. The van der Waals surface area contributed by atoms with E-state index in [0.29, 0.717) is 17.2 Å². The van der Waals surface area contributed by atoms with Crippen LogP contribution in [0.3, 0.4) is 0 Å². The van der Waals surface area contributed by atoms with E-state index < -0.39 is 0 Å². The number of ether oxygens (including phenoxy) is 2. The van der Waals surface area contributed by atoms with Crippen molar-refractivity contribution < 1.29 is 13.9 Å². The SMILES string of the molecule is Nc1nc(C2=COC=C(C3=CC=CCC3)O2)co1. The van der Waals surface area contributed by atoms with Crippen LogP contribution in [0, 0.1) is 0 Å². The van der Waals surface area contributed by atoms with Crippen molar-refractivity contribution in [2.75, 3.05) is 5.73 Å². The second-order valence-electron chi connectivity index (χ2n) is 3.93. The van der Waals surface area contributed by atoms with E-state index in [1.165, 1.54) is 12.5 Å². The first-order valence-corrected chi connectivity index (χ1v) is 5.64. The summed E-state index contributed by atoms with van der Waals surface area (Å²) in [5.74, 6) is 1.18. The zero-order valence-corrected chi connectivity index (χ0v) is 9.63. The summed E-state index contributed by atoms with van der Waals surface area (Å²) in [5, 5.41) is 0. The Labute approximate surface area is 104 Å². The number of oxazole rings is 1. The molecule has 2 N–H and O–H groups in total. The maximum Gasteiger partial charge on any atom is 0.292 e. The van der Waals surface area contributed by atoms with Crippen molar-refractivity contribution in [1.82, 2.24) is 4.98 Å². The zero-order chi connectivity index (χ0) is 12.4. The minimum Gasteiger partial charge on any atom is -0.465 e. The maximum absolute atomic E-state index is 5.74. The molecule has 5 nitrogen and oxygen atoms in total. The topological polar surface area (TPSA) is 70.5 Å². The number of nitrogens with zero attached hydrogens (tertiary/aromatic N) is 1. The third-order valence-electron chi connectivity index (χ3n) is 2.67. The van der Waals surface area contributed by atoms with Gasteiger partial charge in [0.05, 0.1) is 0 Å². The number of aromatic nitrogens is 1. The lowest BCUT2D eigenvalue weighted by Crippen LogP contribution is -2.03. The Morgan fingerprint density at radius 3 is 2.83 bits per heavy atom. The van der Waals surface area contributed by atoms with E-state index in [9.17, 15) is 0 Å². The Bertz CT molecular complexity index is 579. The molecule has 0 saturated carbocycles. The van der Waals surface area contributed by atoms with Crippen LogP contribution in [0.25, 0.3) is 5.76 Å². The molecule has 1 aliphatic heterocycles. The second-order valence-corrected chi connectivity index (χ2v) is 3.93. The van der Waals surface area contributed by atoms with Crippen molar-refractivity contribution in [3.05, 3.63) is 54.0 Å². The Hall–Kier alpha value is -2.43. The Morgan fingerprint density at radius 1 is 1.22 bits per heavy atom. The molecule has 0 saturated heterocycles. The van der Waals surface area contributed by atoms with E-state index in [0.717, 1.165) is 18.4 Å². The van der Waals surface area contributed by atoms with Crippen molar-refractivity contribution in [2.45, 2.75) is 12.8 Å². The average molecular weight is 244 g/mol. The fraction of sp³-hybridized carbons (Fsp3) is 0.154. The first kappa shape index (κ1) is 10.7. The van der Waals surface area contributed by atoms with Gasteiger partial charge in [0.25, 0.3) is 6.01 Å². The van der Waals surface area contributed by atoms with Crippen LogP contribution in [0.2, 0.25) is 0 Å². The van der Waals surface area contributed by atoms with E-state index in [2.05, 4.69) is 11.1 Å². The predicted molar refractivity (Wildman–Crippen MR) is 65.6 cm³/mol. The van der Waals surface area contributed by atoms with Gasteiger partial charge in [-0.1, -0.05) is 18.2 Å². The van der Waals surface area contributed by atoms with Gasteiger partial charge in [-0.05, 0) is 18.4 Å². The summed E-state index contributed by atoms with van der Waals surface area (Å²) in [7, 11) is 0. The molecule has 0 unspecified atom stereocenters. The van der Waals surface area contributed by atoms with Gasteiger partial charge >= 0.3 is 0 Å². The molecule has 5 heteroatoms. The van der Waals surface area contributed by atoms with E-state index in [1.54, 1.807) is 6.26 Å². The molecule has 18 heavy (non-hydrogen) atoms. The Morgan fingerprint density at radius 2 is 2.11 bits per heavy atom. The van der Waals surface area contributed by atoms with Gasteiger partial charge in [-0.3, -0.25) is 0 Å². The van der Waals surface area contributed by atoms with Gasteiger partial charge < -0.3 is 19.6 Å². The average Bonchev–Trinajstić information content (AvgIpc) is 2.87. The molecular weight excluding hydrogens is 232 g/mol. The van der Waals surface area contributed by atoms with E-state index in [1.807, 2.05) is 12.2 Å². The molecule has 2 aliphatic rings. The molecule has 1 aliphatic carbocycles. The Balaban J connectivity index is 1.80. The number of allylic oxidation sites excluding steroid dienone is 4. The lowest BCUT2D eigenvalue weighted by Gasteiger charge is -2.18. The lowest BCUT2D eigenvalue weighted by atomic mass is 10.0. The predicted octanol–water partition coefficient (Wildman–Crippen LogP) is 2.72. The highest BCUT2D eigenvalue weighted by molar-refractivity contribution is 5.58. The highest BCUT2D eigenvalue weighted by atomic mass is 16.5. The van der Waals surface area contributed by atoms with Crippen LogP contribution >= 0.6 is 0 Å². The van der Waals surface area contributed by atoms with Gasteiger partial charge in [-0.2, -0.15) is 4.98 Å². The largest absolute Gasteiger partial charge is 0.465 e. The third kappa shape index (κ3) is 2.02. The van der Waals surface area contributed by atoms with Crippen LogP contribution < -0.4 is 5.73 Å². The van der Waals surface area contributed by atoms with Crippen LogP contribution in [0.15, 0.2) is 52.8 Å². The van der Waals surface area contributed by atoms with Gasteiger partial charge in [0.2, 0.25) is 0 Å². The molecule has 1 aromatic heterocycles. The Kier molecular flexibility index (Phi) is 2.64. The minimum absolute atomic E-state index is 0.102. The van der Waals surface area contributed by atoms with Gasteiger partial charge in [0.15, 0.2) is 11.5 Å². The number of nitrogen functional groups attached to an aromatic ring is 1. The van der Waals surface area contributed by atoms with Crippen molar-refractivity contribution in [1.29, 1.82) is 0 Å². The fourth-order valence-electron chi connectivity index (χ4n) is 1.79. The van der Waals surface area contributed by atoms with E-state index in [-0.39, 0.29) is 6.01 Å². The highest BCUT2D eigenvalue weighted by Crippen LogP contribution is 2.30. The summed E-state index contributed by atoms with van der Waals surface area (Å²) < 4.78 is 16.0. The van der Waals surface area contributed by atoms with Crippen molar-refractivity contribution in [2.24, 2.45) is 0 Å². The quantitative estimate of drug-likeness (QED) is 0.866. The highest BCUT2D eigenvalue weighted by Gasteiger charge is 2.18. The first-order valence-electron chi connectivity index (χ1n) is 5.64. The smallest absolute Gasteiger partial charge is 0.292 e. The number of anilines is 1. The summed E-state index contributed by atoms with van der Waals surface area (Å²) in [6.45, 7) is 0. The molecule has 0 spiro atoms. The van der Waals surface area contributed by atoms with Crippen LogP contribution in [0.5, 0.6) is 0 Å². The molecule has 0 aromatic carbocycles. The molecule has 3 rings (SSSR count). The minimum atomic E-state index is 0.102. The summed E-state index contributed by atoms with van der Waals surface area (Å²) in [6.07, 6.45) is 12.6. The monoisotopic (exact) mass is 244 g/mol. The van der Waals surface area contributed by atoms with Gasteiger partial charge in [0, 0.05) is 0 Å². The second kappa shape index (κ2) is 4.44. The van der Waals surface area contributed by atoms with Crippen molar-refractivity contribution in [3.8, 4) is 0 Å². The molecule has 0 amide bonds. The van der Waals surface area contributed by atoms with E-state index >= 15 is 0 Å². The van der Waals surface area contributed by atoms with E-state index in [4.69, 9.17) is 19.6 Å². The van der Waals surface area contributed by atoms with Crippen LogP contribution in [-0.4, -0.2) is 4.98 Å². The molecule has 92 valence electrons. The van der Waals surface area contributed by atoms with Crippen LogP contribution in [0.1, 0.15) is 18.5 Å².